The fourth-order valence-corrected chi connectivity index (χ4v) is 5.20. The molecule has 43 heavy (non-hydrogen) atoms. The molecule has 0 aliphatic carbocycles. The van der Waals surface area contributed by atoms with Crippen LogP contribution in [-0.2, 0) is 38.2 Å². The number of amides is 3. The van der Waals surface area contributed by atoms with Crippen LogP contribution in [0.5, 0.6) is 0 Å². The van der Waals surface area contributed by atoms with E-state index in [-0.39, 0.29) is 24.8 Å². The summed E-state index contributed by atoms with van der Waals surface area (Å²) in [7, 11) is 0. The van der Waals surface area contributed by atoms with Crippen molar-refractivity contribution in [2.45, 2.75) is 54.1 Å². The van der Waals surface area contributed by atoms with Gasteiger partial charge >= 0.3 is 18.0 Å². The summed E-state index contributed by atoms with van der Waals surface area (Å²) in [5.41, 5.74) is -0.0544. The highest BCUT2D eigenvalue weighted by molar-refractivity contribution is 8.03. The first kappa shape index (κ1) is 38.7. The molecular weight excluding hydrogens is 789 g/mol. The Balaban J connectivity index is 1.97. The van der Waals surface area contributed by atoms with Gasteiger partial charge in [-0.1, -0.05) is 104 Å². The van der Waals surface area contributed by atoms with E-state index in [2.05, 4.69) is 10.6 Å². The smallest absolute Gasteiger partial charge is 0.407 e. The average Bonchev–Trinajstić information content (AvgIpc) is 2.89. The zero-order valence-corrected chi connectivity index (χ0v) is 28.8. The van der Waals surface area contributed by atoms with E-state index in [0.29, 0.717) is 6.29 Å². The minimum Gasteiger partial charge on any atom is -0.460 e. The van der Waals surface area contributed by atoms with Gasteiger partial charge in [-0.05, 0) is 18.2 Å². The normalized spacial score (nSPS) is 21.0. The van der Waals surface area contributed by atoms with Crippen LogP contribution >= 0.6 is 116 Å². The van der Waals surface area contributed by atoms with Gasteiger partial charge in [0.1, 0.15) is 43.6 Å². The molecule has 22 heteroatoms. The molecule has 242 valence electrons. The Morgan fingerprint density at radius 3 is 2.05 bits per heavy atom. The lowest BCUT2D eigenvalue weighted by Gasteiger charge is -2.51. The lowest BCUT2D eigenvalue weighted by molar-refractivity contribution is -0.163. The van der Waals surface area contributed by atoms with Crippen LogP contribution in [0.2, 0.25) is 0 Å². The number of carbonyl (C=O) groups excluding carboxylic acids is 6. The molecule has 2 rings (SSSR count). The van der Waals surface area contributed by atoms with Gasteiger partial charge in [-0.15, -0.1) is 11.8 Å². The molecule has 2 heterocycles. The largest absolute Gasteiger partial charge is 0.460 e. The zero-order chi connectivity index (χ0) is 32.8. The maximum atomic E-state index is 12.9. The van der Waals surface area contributed by atoms with Crippen LogP contribution in [0.15, 0.2) is 11.0 Å². The summed E-state index contributed by atoms with van der Waals surface area (Å²) in [4.78, 5) is 75.2. The van der Waals surface area contributed by atoms with E-state index >= 15 is 0 Å². The number of hydrogen-bond acceptors (Lipinski definition) is 10. The predicted octanol–water partition coefficient (Wildman–Crippen LogP) is 4.30. The molecule has 0 aromatic heterocycles. The number of nitrogens with one attached hydrogen (secondary N) is 2. The maximum Gasteiger partial charge on any atom is 0.407 e. The van der Waals surface area contributed by atoms with Crippen LogP contribution < -0.4 is 10.6 Å². The number of thioether (sulfide) groups is 1. The number of hydrogen-bond donors (Lipinski definition) is 2. The molecule has 0 aromatic rings. The van der Waals surface area contributed by atoms with Gasteiger partial charge < -0.3 is 29.7 Å². The van der Waals surface area contributed by atoms with Crippen molar-refractivity contribution >= 4 is 152 Å². The van der Waals surface area contributed by atoms with E-state index in [9.17, 15) is 28.8 Å². The van der Waals surface area contributed by atoms with E-state index in [1.54, 1.807) is 0 Å². The van der Waals surface area contributed by atoms with Gasteiger partial charge in [0.25, 0.3) is 0 Å². The number of ether oxygens (including phenoxy) is 3. The number of aldehydes is 1. The van der Waals surface area contributed by atoms with E-state index in [0.717, 1.165) is 16.7 Å². The molecule has 4 atom stereocenters. The van der Waals surface area contributed by atoms with Crippen molar-refractivity contribution in [2.24, 2.45) is 0 Å². The second-order valence-corrected chi connectivity index (χ2v) is 17.2. The quantitative estimate of drug-likeness (QED) is 0.0959. The first-order chi connectivity index (χ1) is 19.7. The summed E-state index contributed by atoms with van der Waals surface area (Å²) < 4.78 is 8.80. The van der Waals surface area contributed by atoms with Crippen molar-refractivity contribution in [3.8, 4) is 0 Å². The molecule has 2 aliphatic heterocycles. The first-order valence-corrected chi connectivity index (χ1v) is 16.0. The minimum atomic E-state index is -1.93. The molecule has 0 bridgehead atoms. The van der Waals surface area contributed by atoms with Crippen molar-refractivity contribution < 1.29 is 43.0 Å². The molecule has 3 amide bonds. The summed E-state index contributed by atoms with van der Waals surface area (Å²) in [5, 5.41) is 5.36. The highest BCUT2D eigenvalue weighted by Crippen LogP contribution is 2.40. The molecule has 1 unspecified atom stereocenters. The molecule has 0 aromatic carbocycles. The molecule has 0 radical (unpaired) electrons. The number of rotatable bonds is 12. The number of carbonyl (C=O) groups is 6. The van der Waals surface area contributed by atoms with Crippen molar-refractivity contribution in [3.63, 3.8) is 0 Å². The lowest BCUT2D eigenvalue weighted by Crippen LogP contribution is -2.74. The second kappa shape index (κ2) is 16.4. The Labute approximate surface area is 293 Å². The van der Waals surface area contributed by atoms with Gasteiger partial charge in [0.15, 0.2) is 6.04 Å². The van der Waals surface area contributed by atoms with E-state index < -0.39 is 84.5 Å². The molecule has 1 fully saturated rings. The third-order valence-corrected chi connectivity index (χ3v) is 7.46. The third kappa shape index (κ3) is 13.0. The van der Waals surface area contributed by atoms with Crippen LogP contribution in [0.4, 0.5) is 4.79 Å². The Morgan fingerprint density at radius 2 is 1.49 bits per heavy atom. The fourth-order valence-electron chi connectivity index (χ4n) is 3.53. The highest BCUT2D eigenvalue weighted by atomic mass is 35.6. The van der Waals surface area contributed by atoms with Gasteiger partial charge in [-0.25, -0.2) is 14.4 Å². The Kier molecular flexibility index (Phi) is 14.7. The van der Waals surface area contributed by atoms with E-state index in [1.165, 1.54) is 5.41 Å². The second-order valence-electron chi connectivity index (χ2n) is 8.68. The number of halogens is 9. The van der Waals surface area contributed by atoms with Gasteiger partial charge in [0, 0.05) is 12.0 Å². The number of β-lactam (4-membered cyclic amide) rings is 1. The monoisotopic (exact) mass is 805 g/mol. The molecule has 0 spiro atoms. The Hall–Kier alpha value is -0.480. The van der Waals surface area contributed by atoms with Crippen LogP contribution in [0.1, 0.15) is 19.3 Å². The van der Waals surface area contributed by atoms with E-state index in [1.807, 2.05) is 0 Å². The predicted molar refractivity (Wildman–Crippen MR) is 163 cm³/mol. The number of alkyl carbamates (subject to hydrolysis) is 1. The maximum absolute atomic E-state index is 12.9. The summed E-state index contributed by atoms with van der Waals surface area (Å²) in [6.07, 6.45) is -1.12. The van der Waals surface area contributed by atoms with Crippen LogP contribution in [0, 0.1) is 0 Å². The molecular formula is C21H20Cl9N3O9S. The summed E-state index contributed by atoms with van der Waals surface area (Å²) >= 11 is 51.2. The molecule has 1 saturated heterocycles. The minimum absolute atomic E-state index is 0.00624. The zero-order valence-electron chi connectivity index (χ0n) is 21.1. The third-order valence-electron chi connectivity index (χ3n) is 5.29. The average molecular weight is 810 g/mol. The molecule has 0 saturated carbocycles. The topological polar surface area (TPSA) is 157 Å². The standard InChI is InChI=1S/C21H20Cl9N3O9S/c22-19(23,24)6-40-16(37)10(31-18(39)42-8-21(28,29)30)2-1-3-11(35)32-12-14(36)33-13(9(4-34)5-43-15(12)33)17(38)41-7-20(25,26)27/h4-5,10,12-13,15H,1-3,6-8H2,(H,31,39)(H,32,35)/t10-,12-,13?,15-/m1/s1. The van der Waals surface area contributed by atoms with Gasteiger partial charge in [-0.3, -0.25) is 14.4 Å². The SMILES string of the molecule is O=CC1=CS[C@@H]2[C@H](NC(=O)CCC[C@@H](NC(=O)OCC(Cl)(Cl)Cl)C(=O)OCC(Cl)(Cl)Cl)C(=O)N2C1C(=O)OCC(Cl)(Cl)Cl. The van der Waals surface area contributed by atoms with Crippen molar-refractivity contribution in [2.75, 3.05) is 19.8 Å². The van der Waals surface area contributed by atoms with Crippen LogP contribution in [0.25, 0.3) is 0 Å². The van der Waals surface area contributed by atoms with Gasteiger partial charge in [0.2, 0.25) is 23.2 Å². The summed E-state index contributed by atoms with van der Waals surface area (Å²) in [5.74, 6) is -3.28. The van der Waals surface area contributed by atoms with Gasteiger partial charge in [-0.2, -0.15) is 0 Å². The fraction of sp³-hybridized carbons (Fsp3) is 0.619. The molecule has 12 nitrogen and oxygen atoms in total. The van der Waals surface area contributed by atoms with Gasteiger partial charge in [0.05, 0.1) is 0 Å². The first-order valence-electron chi connectivity index (χ1n) is 11.6. The highest BCUT2D eigenvalue weighted by Gasteiger charge is 2.56. The summed E-state index contributed by atoms with van der Waals surface area (Å²) in [6, 6.07) is -3.81. The van der Waals surface area contributed by atoms with Crippen molar-refractivity contribution in [1.82, 2.24) is 15.5 Å². The Bertz CT molecular complexity index is 1130. The van der Waals surface area contributed by atoms with E-state index in [4.69, 9.17) is 119 Å². The van der Waals surface area contributed by atoms with Crippen molar-refractivity contribution in [3.05, 3.63) is 11.0 Å². The van der Waals surface area contributed by atoms with Crippen molar-refractivity contribution in [1.29, 1.82) is 0 Å². The van der Waals surface area contributed by atoms with Crippen LogP contribution in [0.3, 0.4) is 0 Å². The number of nitrogens with zero attached hydrogens (tertiary/aromatic N) is 1. The lowest BCUT2D eigenvalue weighted by atomic mass is 9.98. The number of esters is 2. The number of alkyl halides is 9. The van der Waals surface area contributed by atoms with Crippen LogP contribution in [-0.4, -0.2) is 95.7 Å². The summed E-state index contributed by atoms with van der Waals surface area (Å²) in [6.45, 7) is -1.91. The molecule has 2 N–H and O–H groups in total. The molecule has 2 aliphatic rings. The Morgan fingerprint density at radius 1 is 0.930 bits per heavy atom. The number of fused-ring (bicyclic) bond motifs is 1.